The molecule has 0 radical (unpaired) electrons. The average Bonchev–Trinajstić information content (AvgIpc) is 2.89. The quantitative estimate of drug-likeness (QED) is 0.619. The SMILES string of the molecule is Cc1cc(C)c(C)c(-c2ccc3sc(C(C)C)nc3[n+]2C)c1. The first-order valence-electron chi connectivity index (χ1n) is 7.76. The number of rotatable bonds is 2. The number of benzene rings is 1. The molecule has 0 fully saturated rings. The minimum Gasteiger partial charge on any atom is -0.225 e. The number of pyridine rings is 1. The zero-order chi connectivity index (χ0) is 16.0. The Hall–Kier alpha value is -1.74. The molecular formula is C19H23N2S+. The van der Waals surface area contributed by atoms with Gasteiger partial charge in [0.25, 0.3) is 0 Å². The van der Waals surface area contributed by atoms with E-state index < -0.39 is 0 Å². The van der Waals surface area contributed by atoms with E-state index in [1.54, 1.807) is 11.3 Å². The Labute approximate surface area is 136 Å². The molecule has 0 aliphatic heterocycles. The second kappa shape index (κ2) is 5.47. The largest absolute Gasteiger partial charge is 0.342 e. The summed E-state index contributed by atoms with van der Waals surface area (Å²) in [4.78, 5) is 4.85. The van der Waals surface area contributed by atoms with E-state index in [2.05, 4.69) is 70.5 Å². The van der Waals surface area contributed by atoms with Crippen LogP contribution in [0.1, 0.15) is 41.5 Å². The maximum absolute atomic E-state index is 4.85. The highest BCUT2D eigenvalue weighted by Crippen LogP contribution is 2.29. The molecule has 0 aliphatic rings. The molecule has 0 aliphatic carbocycles. The van der Waals surface area contributed by atoms with Gasteiger partial charge in [0.1, 0.15) is 10.4 Å². The fourth-order valence-corrected chi connectivity index (χ4v) is 3.90. The summed E-state index contributed by atoms with van der Waals surface area (Å²) in [6, 6.07) is 8.97. The van der Waals surface area contributed by atoms with Crippen LogP contribution in [0.3, 0.4) is 0 Å². The summed E-state index contributed by atoms with van der Waals surface area (Å²) in [5.41, 5.74) is 7.62. The molecule has 3 aromatic rings. The van der Waals surface area contributed by atoms with Crippen LogP contribution in [-0.2, 0) is 7.05 Å². The van der Waals surface area contributed by atoms with Crippen LogP contribution >= 0.6 is 11.3 Å². The zero-order valence-corrected chi connectivity index (χ0v) is 15.0. The first-order chi connectivity index (χ1) is 10.4. The van der Waals surface area contributed by atoms with Crippen molar-refractivity contribution < 1.29 is 4.57 Å². The van der Waals surface area contributed by atoms with Gasteiger partial charge in [-0.1, -0.05) is 36.8 Å². The second-order valence-electron chi connectivity index (χ2n) is 6.43. The molecule has 0 spiro atoms. The Morgan fingerprint density at radius 3 is 2.50 bits per heavy atom. The van der Waals surface area contributed by atoms with Crippen molar-refractivity contribution in [1.82, 2.24) is 4.98 Å². The Balaban J connectivity index is 2.26. The number of thiazole rings is 1. The molecule has 0 saturated carbocycles. The lowest BCUT2D eigenvalue weighted by molar-refractivity contribution is -0.635. The van der Waals surface area contributed by atoms with Crippen molar-refractivity contribution in [3.05, 3.63) is 46.0 Å². The highest BCUT2D eigenvalue weighted by Gasteiger charge is 2.21. The minimum atomic E-state index is 0.476. The molecular weight excluding hydrogens is 288 g/mol. The van der Waals surface area contributed by atoms with E-state index in [0.29, 0.717) is 5.92 Å². The fraction of sp³-hybridized carbons (Fsp3) is 0.368. The summed E-state index contributed by atoms with van der Waals surface area (Å²) in [5, 5.41) is 1.21. The van der Waals surface area contributed by atoms with Gasteiger partial charge in [-0.05, 0) is 55.1 Å². The summed E-state index contributed by atoms with van der Waals surface area (Å²) in [7, 11) is 2.12. The third-order valence-corrected chi connectivity index (χ3v) is 5.61. The summed E-state index contributed by atoms with van der Waals surface area (Å²) < 4.78 is 3.50. The van der Waals surface area contributed by atoms with Crippen molar-refractivity contribution in [3.8, 4) is 11.3 Å². The van der Waals surface area contributed by atoms with Crippen molar-refractivity contribution in [1.29, 1.82) is 0 Å². The summed E-state index contributed by atoms with van der Waals surface area (Å²) in [6.45, 7) is 11.0. The van der Waals surface area contributed by atoms with E-state index in [-0.39, 0.29) is 0 Å². The average molecular weight is 311 g/mol. The van der Waals surface area contributed by atoms with Crippen LogP contribution in [0.25, 0.3) is 21.6 Å². The molecule has 0 bridgehead atoms. The molecule has 2 aromatic heterocycles. The van der Waals surface area contributed by atoms with Gasteiger partial charge in [-0.3, -0.25) is 0 Å². The molecule has 1 aromatic carbocycles. The van der Waals surface area contributed by atoms with Gasteiger partial charge in [-0.15, -0.1) is 0 Å². The van der Waals surface area contributed by atoms with Gasteiger partial charge in [0.2, 0.25) is 5.01 Å². The molecule has 114 valence electrons. The van der Waals surface area contributed by atoms with E-state index in [1.807, 2.05) is 0 Å². The maximum atomic E-state index is 4.85. The second-order valence-corrected chi connectivity index (χ2v) is 7.49. The maximum Gasteiger partial charge on any atom is 0.342 e. The molecule has 0 unspecified atom stereocenters. The number of hydrogen-bond donors (Lipinski definition) is 0. The first-order valence-corrected chi connectivity index (χ1v) is 8.58. The van der Waals surface area contributed by atoms with Gasteiger partial charge >= 0.3 is 5.65 Å². The lowest BCUT2D eigenvalue weighted by Crippen LogP contribution is -2.32. The normalized spacial score (nSPS) is 11.6. The van der Waals surface area contributed by atoms with Crippen LogP contribution in [0.2, 0.25) is 0 Å². The van der Waals surface area contributed by atoms with Crippen molar-refractivity contribution in [2.24, 2.45) is 7.05 Å². The van der Waals surface area contributed by atoms with Gasteiger partial charge in [-0.2, -0.15) is 0 Å². The smallest absolute Gasteiger partial charge is 0.225 e. The summed E-state index contributed by atoms with van der Waals surface area (Å²) in [6.07, 6.45) is 0. The number of hydrogen-bond acceptors (Lipinski definition) is 2. The Morgan fingerprint density at radius 2 is 1.82 bits per heavy atom. The van der Waals surface area contributed by atoms with Gasteiger partial charge in [0.05, 0.1) is 7.05 Å². The Morgan fingerprint density at radius 1 is 1.09 bits per heavy atom. The van der Waals surface area contributed by atoms with Crippen LogP contribution in [0.4, 0.5) is 0 Å². The zero-order valence-electron chi connectivity index (χ0n) is 14.2. The summed E-state index contributed by atoms with van der Waals surface area (Å²) >= 11 is 1.80. The van der Waals surface area contributed by atoms with E-state index in [4.69, 9.17) is 4.98 Å². The van der Waals surface area contributed by atoms with Crippen molar-refractivity contribution in [2.75, 3.05) is 0 Å². The summed E-state index contributed by atoms with van der Waals surface area (Å²) in [5.74, 6) is 0.476. The van der Waals surface area contributed by atoms with Gasteiger partial charge < -0.3 is 0 Å². The van der Waals surface area contributed by atoms with Crippen LogP contribution < -0.4 is 4.57 Å². The third kappa shape index (κ3) is 2.44. The van der Waals surface area contributed by atoms with Crippen molar-refractivity contribution in [3.63, 3.8) is 0 Å². The molecule has 2 heterocycles. The molecule has 0 atom stereocenters. The number of nitrogens with zero attached hydrogens (tertiary/aromatic N) is 2. The fourth-order valence-electron chi connectivity index (χ4n) is 2.89. The Bertz CT molecular complexity index is 859. The molecule has 3 heteroatoms. The van der Waals surface area contributed by atoms with E-state index in [1.165, 1.54) is 37.7 Å². The highest BCUT2D eigenvalue weighted by molar-refractivity contribution is 7.18. The standard InChI is InChI=1S/C19H23N2S/c1-11(2)19-20-18-17(22-19)8-7-16(21(18)6)15-10-12(3)9-13(4)14(15)5/h7-11H,1-6H3/q+1. The number of fused-ring (bicyclic) bond motifs is 1. The van der Waals surface area contributed by atoms with E-state index in [9.17, 15) is 0 Å². The predicted octanol–water partition coefficient (Wildman–Crippen LogP) is 4.84. The van der Waals surface area contributed by atoms with Crippen LogP contribution in [-0.4, -0.2) is 4.98 Å². The number of aryl methyl sites for hydroxylation is 3. The van der Waals surface area contributed by atoms with Gasteiger partial charge in [0, 0.05) is 11.5 Å². The predicted molar refractivity (Wildman–Crippen MR) is 94.5 cm³/mol. The topological polar surface area (TPSA) is 16.8 Å². The molecule has 22 heavy (non-hydrogen) atoms. The lowest BCUT2D eigenvalue weighted by atomic mass is 9.97. The Kier molecular flexibility index (Phi) is 3.77. The number of aromatic nitrogens is 2. The van der Waals surface area contributed by atoms with Crippen LogP contribution in [0.15, 0.2) is 24.3 Å². The van der Waals surface area contributed by atoms with Gasteiger partial charge in [-0.25, -0.2) is 4.57 Å². The molecule has 0 N–H and O–H groups in total. The third-order valence-electron chi connectivity index (χ3n) is 4.30. The first kappa shape index (κ1) is 15.2. The highest BCUT2D eigenvalue weighted by atomic mass is 32.1. The van der Waals surface area contributed by atoms with Crippen molar-refractivity contribution >= 4 is 21.7 Å². The lowest BCUT2D eigenvalue weighted by Gasteiger charge is -2.11. The molecule has 0 amide bonds. The molecule has 0 saturated heterocycles. The van der Waals surface area contributed by atoms with Crippen LogP contribution in [0, 0.1) is 20.8 Å². The molecule has 2 nitrogen and oxygen atoms in total. The van der Waals surface area contributed by atoms with Crippen molar-refractivity contribution in [2.45, 2.75) is 40.5 Å². The molecule has 3 rings (SSSR count). The van der Waals surface area contributed by atoms with Crippen LogP contribution in [0.5, 0.6) is 0 Å². The minimum absolute atomic E-state index is 0.476. The van der Waals surface area contributed by atoms with E-state index in [0.717, 1.165) is 5.65 Å². The van der Waals surface area contributed by atoms with E-state index >= 15 is 0 Å². The monoisotopic (exact) mass is 311 g/mol. The van der Waals surface area contributed by atoms with Gasteiger partial charge in [0.15, 0.2) is 0 Å².